The molecule has 28 heavy (non-hydrogen) atoms. The van der Waals surface area contributed by atoms with Crippen LogP contribution >= 0.6 is 0 Å². The molecule has 1 atom stereocenters. The van der Waals surface area contributed by atoms with Crippen molar-refractivity contribution in [3.63, 3.8) is 0 Å². The van der Waals surface area contributed by atoms with E-state index >= 15 is 0 Å². The number of carbonyl (C=O) groups excluding carboxylic acids is 3. The summed E-state index contributed by atoms with van der Waals surface area (Å²) in [5.74, 6) is -2.36. The van der Waals surface area contributed by atoms with Crippen LogP contribution < -0.4 is 4.74 Å². The summed E-state index contributed by atoms with van der Waals surface area (Å²) in [7, 11) is 0. The van der Waals surface area contributed by atoms with Crippen LogP contribution in [0.2, 0.25) is 0 Å². The molecule has 0 fully saturated rings. The Labute approximate surface area is 166 Å². The van der Waals surface area contributed by atoms with Crippen molar-refractivity contribution in [3.8, 4) is 5.75 Å². The smallest absolute Gasteiger partial charge is 0.329 e. The molecule has 150 valence electrons. The molecule has 1 aliphatic rings. The Morgan fingerprint density at radius 2 is 1.75 bits per heavy atom. The Morgan fingerprint density at radius 3 is 2.43 bits per heavy atom. The molecule has 0 amide bonds. The molecule has 0 aliphatic carbocycles. The van der Waals surface area contributed by atoms with Gasteiger partial charge in [0.2, 0.25) is 0 Å². The van der Waals surface area contributed by atoms with E-state index in [0.717, 1.165) is 17.7 Å². The van der Waals surface area contributed by atoms with Gasteiger partial charge in [0, 0.05) is 6.08 Å². The Morgan fingerprint density at radius 1 is 1.07 bits per heavy atom. The number of ether oxygens (including phenoxy) is 2. The zero-order valence-corrected chi connectivity index (χ0v) is 16.6. The van der Waals surface area contributed by atoms with Crippen LogP contribution in [-0.2, 0) is 19.1 Å². The van der Waals surface area contributed by atoms with Crippen LogP contribution in [-0.4, -0.2) is 24.1 Å². The first kappa shape index (κ1) is 21.6. The molecule has 0 aromatic heterocycles. The predicted molar refractivity (Wildman–Crippen MR) is 108 cm³/mol. The number of hydrogen-bond donors (Lipinski definition) is 0. The molecule has 1 heterocycles. The van der Waals surface area contributed by atoms with E-state index in [1.807, 2.05) is 24.3 Å². The lowest BCUT2D eigenvalue weighted by Gasteiger charge is -2.15. The lowest BCUT2D eigenvalue weighted by molar-refractivity contribution is -0.151. The summed E-state index contributed by atoms with van der Waals surface area (Å²) < 4.78 is 10.6. The van der Waals surface area contributed by atoms with Gasteiger partial charge in [0.15, 0.2) is 17.5 Å². The first-order valence-electron chi connectivity index (χ1n) is 9.90. The van der Waals surface area contributed by atoms with E-state index in [0.29, 0.717) is 6.61 Å². The number of rotatable bonds is 11. The van der Waals surface area contributed by atoms with Crippen molar-refractivity contribution in [2.75, 3.05) is 6.61 Å². The maximum atomic E-state index is 12.2. The van der Waals surface area contributed by atoms with Gasteiger partial charge in [-0.2, -0.15) is 0 Å². The Bertz CT molecular complexity index is 743. The molecule has 0 radical (unpaired) electrons. The number of unbranched alkanes of at least 4 members (excludes halogenated alkanes) is 5. The van der Waals surface area contributed by atoms with Crippen LogP contribution in [0, 0.1) is 5.92 Å². The van der Waals surface area contributed by atoms with Crippen molar-refractivity contribution in [2.45, 2.75) is 52.4 Å². The monoisotopic (exact) mass is 384 g/mol. The second-order valence-electron chi connectivity index (χ2n) is 6.93. The van der Waals surface area contributed by atoms with Crippen molar-refractivity contribution < 1.29 is 23.9 Å². The lowest BCUT2D eigenvalue weighted by atomic mass is 9.96. The third-order valence-corrected chi connectivity index (χ3v) is 4.50. The Kier molecular flexibility index (Phi) is 8.66. The topological polar surface area (TPSA) is 69.7 Å². The normalized spacial score (nSPS) is 16.8. The van der Waals surface area contributed by atoms with Gasteiger partial charge in [-0.3, -0.25) is 14.4 Å². The molecule has 0 bridgehead atoms. The van der Waals surface area contributed by atoms with E-state index in [9.17, 15) is 14.4 Å². The number of carbonyl (C=O) groups is 3. The second-order valence-corrected chi connectivity index (χ2v) is 6.93. The molecule has 0 N–H and O–H groups in total. The first-order valence-corrected chi connectivity index (χ1v) is 9.90. The quantitative estimate of drug-likeness (QED) is 0.240. The minimum Gasteiger partial charge on any atom is -0.494 e. The molecular weight excluding hydrogens is 356 g/mol. The lowest BCUT2D eigenvalue weighted by Crippen LogP contribution is -2.34. The molecular formula is C23H28O5. The summed E-state index contributed by atoms with van der Waals surface area (Å²) >= 11 is 0. The van der Waals surface area contributed by atoms with E-state index in [1.165, 1.54) is 51.2 Å². The molecule has 0 saturated carbocycles. The van der Waals surface area contributed by atoms with Crippen molar-refractivity contribution in [1.82, 2.24) is 0 Å². The molecule has 1 aliphatic heterocycles. The van der Waals surface area contributed by atoms with Gasteiger partial charge < -0.3 is 9.47 Å². The van der Waals surface area contributed by atoms with Crippen LogP contribution in [0.4, 0.5) is 0 Å². The number of esters is 1. The van der Waals surface area contributed by atoms with Crippen molar-refractivity contribution in [2.24, 2.45) is 5.92 Å². The molecule has 1 aromatic carbocycles. The Balaban J connectivity index is 1.79. The number of hydrogen-bond acceptors (Lipinski definition) is 5. The van der Waals surface area contributed by atoms with E-state index in [4.69, 9.17) is 9.47 Å². The van der Waals surface area contributed by atoms with Crippen molar-refractivity contribution in [1.29, 1.82) is 0 Å². The summed E-state index contributed by atoms with van der Waals surface area (Å²) in [6.45, 7) is 4.40. The fraction of sp³-hybridized carbons (Fsp3) is 0.435. The zero-order valence-electron chi connectivity index (χ0n) is 16.6. The van der Waals surface area contributed by atoms with Crippen molar-refractivity contribution >= 4 is 23.6 Å². The van der Waals surface area contributed by atoms with Gasteiger partial charge in [-0.1, -0.05) is 57.2 Å². The van der Waals surface area contributed by atoms with E-state index < -0.39 is 23.5 Å². The predicted octanol–water partition coefficient (Wildman–Crippen LogP) is 4.65. The number of allylic oxidation sites excluding steroid dienone is 3. The third kappa shape index (κ3) is 6.80. The first-order chi connectivity index (χ1) is 13.5. The molecule has 5 nitrogen and oxygen atoms in total. The molecule has 5 heteroatoms. The summed E-state index contributed by atoms with van der Waals surface area (Å²) in [5.41, 5.74) is 0.781. The Hall–Kier alpha value is -2.69. The second kappa shape index (κ2) is 11.2. The minimum atomic E-state index is -1.40. The van der Waals surface area contributed by atoms with E-state index in [-0.39, 0.29) is 5.76 Å². The van der Waals surface area contributed by atoms with Gasteiger partial charge in [-0.05, 0) is 37.1 Å². The number of cyclic esters (lactones) is 1. The maximum absolute atomic E-state index is 12.2. The molecule has 0 unspecified atom stereocenters. The van der Waals surface area contributed by atoms with Gasteiger partial charge in [0.25, 0.3) is 0 Å². The average molecular weight is 384 g/mol. The minimum absolute atomic E-state index is 0.208. The summed E-state index contributed by atoms with van der Waals surface area (Å²) in [6.07, 6.45) is 11.3. The molecule has 0 saturated heterocycles. The summed E-state index contributed by atoms with van der Waals surface area (Å²) in [5, 5.41) is 0. The SMILES string of the molecule is CCCCCCCCOc1ccc(/C=C/C(=O)[C@H]2C(=O)C=C(C)OC2=O)cc1. The molecule has 0 spiro atoms. The number of ketones is 2. The maximum Gasteiger partial charge on any atom is 0.329 e. The van der Waals surface area contributed by atoms with Crippen LogP contribution in [0.15, 0.2) is 42.2 Å². The van der Waals surface area contributed by atoms with Crippen LogP contribution in [0.25, 0.3) is 6.08 Å². The third-order valence-electron chi connectivity index (χ3n) is 4.50. The van der Waals surface area contributed by atoms with Gasteiger partial charge in [0.05, 0.1) is 6.61 Å². The highest BCUT2D eigenvalue weighted by Gasteiger charge is 2.36. The standard InChI is InChI=1S/C23H28O5/c1-3-4-5-6-7-8-15-27-19-12-9-18(10-13-19)11-14-20(24)22-21(25)16-17(2)28-23(22)26/h9-14,16,22H,3-8,15H2,1-2H3/b14-11+/t22-/m0/s1. The highest BCUT2D eigenvalue weighted by atomic mass is 16.5. The van der Waals surface area contributed by atoms with Crippen LogP contribution in [0.5, 0.6) is 5.75 Å². The van der Waals surface area contributed by atoms with Gasteiger partial charge in [-0.15, -0.1) is 0 Å². The molecule has 1 aromatic rings. The zero-order chi connectivity index (χ0) is 20.4. The highest BCUT2D eigenvalue weighted by molar-refractivity contribution is 6.25. The fourth-order valence-corrected chi connectivity index (χ4v) is 2.93. The summed E-state index contributed by atoms with van der Waals surface area (Å²) in [4.78, 5) is 35.8. The molecule has 2 rings (SSSR count). The van der Waals surface area contributed by atoms with Crippen LogP contribution in [0.3, 0.4) is 0 Å². The summed E-state index contributed by atoms with van der Waals surface area (Å²) in [6, 6.07) is 7.33. The van der Waals surface area contributed by atoms with Gasteiger partial charge in [0.1, 0.15) is 11.5 Å². The number of benzene rings is 1. The highest BCUT2D eigenvalue weighted by Crippen LogP contribution is 2.18. The fourth-order valence-electron chi connectivity index (χ4n) is 2.93. The van der Waals surface area contributed by atoms with Crippen molar-refractivity contribution in [3.05, 3.63) is 47.7 Å². The van der Waals surface area contributed by atoms with Gasteiger partial charge in [-0.25, -0.2) is 0 Å². The largest absolute Gasteiger partial charge is 0.494 e. The van der Waals surface area contributed by atoms with E-state index in [1.54, 1.807) is 6.08 Å². The average Bonchev–Trinajstić information content (AvgIpc) is 2.66. The van der Waals surface area contributed by atoms with Gasteiger partial charge >= 0.3 is 5.97 Å². The van der Waals surface area contributed by atoms with Crippen LogP contribution in [0.1, 0.15) is 57.9 Å². The van der Waals surface area contributed by atoms with E-state index in [2.05, 4.69) is 6.92 Å².